The number of carbonyl (C=O) groups excluding carboxylic acids is 3. The molecule has 1 aromatic heterocycles. The van der Waals surface area contributed by atoms with Crippen molar-refractivity contribution in [2.45, 2.75) is 18.9 Å². The zero-order valence-corrected chi connectivity index (χ0v) is 16.1. The summed E-state index contributed by atoms with van der Waals surface area (Å²) in [7, 11) is 0. The number of hydrogen-bond donors (Lipinski definition) is 2. The Balaban J connectivity index is 1.47. The van der Waals surface area contributed by atoms with Crippen molar-refractivity contribution in [3.8, 4) is 5.75 Å². The van der Waals surface area contributed by atoms with E-state index in [0.717, 1.165) is 16.9 Å². The summed E-state index contributed by atoms with van der Waals surface area (Å²) in [5.41, 5.74) is 0.835. The molecule has 2 aliphatic carbocycles. The lowest BCUT2D eigenvalue weighted by molar-refractivity contribution is -0.147. The van der Waals surface area contributed by atoms with Crippen molar-refractivity contribution in [2.75, 3.05) is 5.32 Å². The first-order valence-electron chi connectivity index (χ1n) is 10.1. The van der Waals surface area contributed by atoms with Gasteiger partial charge in [-0.15, -0.1) is 0 Å². The second-order valence-electron chi connectivity index (χ2n) is 8.11. The molecule has 3 aliphatic rings. The smallest absolute Gasteiger partial charge is 0.249 e. The van der Waals surface area contributed by atoms with Crippen LogP contribution in [0.25, 0.3) is 0 Å². The Morgan fingerprint density at radius 3 is 2.37 bits per heavy atom. The number of aromatic hydroxyl groups is 1. The van der Waals surface area contributed by atoms with Gasteiger partial charge in [0.25, 0.3) is 0 Å². The van der Waals surface area contributed by atoms with Crippen LogP contribution in [0.1, 0.15) is 12.0 Å². The van der Waals surface area contributed by atoms with Crippen LogP contribution in [-0.4, -0.2) is 38.8 Å². The van der Waals surface area contributed by atoms with Crippen LogP contribution in [-0.2, 0) is 20.8 Å². The van der Waals surface area contributed by atoms with Gasteiger partial charge in [0.2, 0.25) is 17.7 Å². The quantitative estimate of drug-likeness (QED) is 0.589. The molecule has 1 saturated heterocycles. The highest BCUT2D eigenvalue weighted by molar-refractivity contribution is 6.11. The van der Waals surface area contributed by atoms with Gasteiger partial charge in [-0.05, 0) is 36.0 Å². The van der Waals surface area contributed by atoms with Crippen LogP contribution in [0.4, 0.5) is 5.82 Å². The molecule has 2 fully saturated rings. The summed E-state index contributed by atoms with van der Waals surface area (Å²) in [5.74, 6) is -1.88. The number of benzene rings is 1. The topological polar surface area (TPSA) is 99.6 Å². The number of fused-ring (bicyclic) bond motifs is 5. The van der Waals surface area contributed by atoms with Gasteiger partial charge in [-0.25, -0.2) is 4.98 Å². The Bertz CT molecular complexity index is 1020. The van der Waals surface area contributed by atoms with E-state index in [1.54, 1.807) is 6.07 Å². The van der Waals surface area contributed by atoms with Crippen molar-refractivity contribution in [3.63, 3.8) is 0 Å². The minimum absolute atomic E-state index is 0.00147. The summed E-state index contributed by atoms with van der Waals surface area (Å²) in [6.07, 6.45) is 6.52. The van der Waals surface area contributed by atoms with E-state index in [2.05, 4.69) is 10.3 Å². The highest BCUT2D eigenvalue weighted by atomic mass is 16.3. The first kappa shape index (κ1) is 18.5. The van der Waals surface area contributed by atoms with Gasteiger partial charge in [0, 0.05) is 12.6 Å². The molecule has 5 atom stereocenters. The molecule has 1 saturated carbocycles. The van der Waals surface area contributed by atoms with E-state index in [4.69, 9.17) is 0 Å². The van der Waals surface area contributed by atoms with Crippen molar-refractivity contribution in [1.82, 2.24) is 9.88 Å². The van der Waals surface area contributed by atoms with Crippen molar-refractivity contribution in [1.29, 1.82) is 0 Å². The first-order chi connectivity index (χ1) is 14.5. The summed E-state index contributed by atoms with van der Waals surface area (Å²) in [6.45, 7) is 0. The molecule has 1 aromatic carbocycles. The van der Waals surface area contributed by atoms with Gasteiger partial charge in [0.15, 0.2) is 11.6 Å². The predicted molar refractivity (Wildman–Crippen MR) is 108 cm³/mol. The summed E-state index contributed by atoms with van der Waals surface area (Å²) in [4.78, 5) is 44.9. The molecule has 2 N–H and O–H groups in total. The highest BCUT2D eigenvalue weighted by Crippen LogP contribution is 2.53. The van der Waals surface area contributed by atoms with Crippen molar-refractivity contribution in [3.05, 3.63) is 66.4 Å². The second-order valence-corrected chi connectivity index (χ2v) is 8.11. The largest absolute Gasteiger partial charge is 0.504 e. The number of anilines is 1. The highest BCUT2D eigenvalue weighted by Gasteiger charge is 2.61. The summed E-state index contributed by atoms with van der Waals surface area (Å²) in [5, 5.41) is 12.6. The Kier molecular flexibility index (Phi) is 4.38. The standard InChI is InChI=1S/C23H21N3O4/c27-17-7-4-10-24-20(17)25-21(28)16(11-13-5-2-1-3-6-13)26-22(29)18-14-8-9-15(12-14)19(18)23(26)30/h1-10,14-16,18-19,27H,11-12H2,(H,24,25,28)/t14-,15-,16+,18-,19+/m0/s1. The average Bonchev–Trinajstić information content (AvgIpc) is 3.43. The van der Waals surface area contributed by atoms with Gasteiger partial charge >= 0.3 is 0 Å². The molecule has 2 heterocycles. The van der Waals surface area contributed by atoms with Crippen LogP contribution in [0.15, 0.2) is 60.8 Å². The first-order valence-corrected chi connectivity index (χ1v) is 10.1. The Morgan fingerprint density at radius 1 is 1.07 bits per heavy atom. The fourth-order valence-electron chi connectivity index (χ4n) is 5.06. The molecule has 2 aromatic rings. The summed E-state index contributed by atoms with van der Waals surface area (Å²) < 4.78 is 0. The Morgan fingerprint density at radius 2 is 1.73 bits per heavy atom. The van der Waals surface area contributed by atoms with E-state index in [1.165, 1.54) is 12.3 Å². The summed E-state index contributed by atoms with van der Waals surface area (Å²) in [6, 6.07) is 11.2. The fourth-order valence-corrected chi connectivity index (χ4v) is 5.06. The van der Waals surface area contributed by atoms with Gasteiger partial charge < -0.3 is 10.4 Å². The monoisotopic (exact) mass is 403 g/mol. The van der Waals surface area contributed by atoms with Gasteiger partial charge in [-0.2, -0.15) is 0 Å². The minimum Gasteiger partial charge on any atom is -0.504 e. The van der Waals surface area contributed by atoms with E-state index >= 15 is 0 Å². The molecule has 5 rings (SSSR count). The number of rotatable bonds is 5. The number of nitrogens with one attached hydrogen (secondary N) is 1. The average molecular weight is 403 g/mol. The van der Waals surface area contributed by atoms with E-state index in [0.29, 0.717) is 0 Å². The molecular weight excluding hydrogens is 382 g/mol. The second kappa shape index (κ2) is 7.09. The molecule has 2 bridgehead atoms. The molecule has 3 amide bonds. The van der Waals surface area contributed by atoms with Crippen LogP contribution < -0.4 is 5.32 Å². The third-order valence-corrected chi connectivity index (χ3v) is 6.42. The molecular formula is C23H21N3O4. The van der Waals surface area contributed by atoms with E-state index in [9.17, 15) is 19.5 Å². The predicted octanol–water partition coefficient (Wildman–Crippen LogP) is 2.14. The van der Waals surface area contributed by atoms with Crippen LogP contribution in [0.5, 0.6) is 5.75 Å². The van der Waals surface area contributed by atoms with E-state index in [1.807, 2.05) is 42.5 Å². The molecule has 152 valence electrons. The maximum atomic E-state index is 13.3. The number of pyridine rings is 1. The number of aromatic nitrogens is 1. The zero-order valence-electron chi connectivity index (χ0n) is 16.1. The van der Waals surface area contributed by atoms with Crippen molar-refractivity contribution < 1.29 is 19.5 Å². The normalized spacial score (nSPS) is 27.4. The number of amides is 3. The third-order valence-electron chi connectivity index (χ3n) is 6.42. The molecule has 0 spiro atoms. The number of likely N-dealkylation sites (tertiary alicyclic amines) is 1. The Labute approximate surface area is 173 Å². The lowest BCUT2D eigenvalue weighted by atomic mass is 9.85. The Hall–Kier alpha value is -3.48. The SMILES string of the molecule is O=C(Nc1ncccc1O)[C@@H](Cc1ccccc1)N1C(=O)[C@@H]2[C@H](C1=O)[C@H]1C=C[C@H]2C1. The number of imide groups is 1. The van der Waals surface area contributed by atoms with E-state index in [-0.39, 0.29) is 53.5 Å². The van der Waals surface area contributed by atoms with Gasteiger partial charge in [0.05, 0.1) is 11.8 Å². The molecule has 0 radical (unpaired) electrons. The number of hydrogen-bond acceptors (Lipinski definition) is 5. The van der Waals surface area contributed by atoms with Crippen LogP contribution >= 0.6 is 0 Å². The maximum Gasteiger partial charge on any atom is 0.249 e. The lowest BCUT2D eigenvalue weighted by Gasteiger charge is -2.27. The van der Waals surface area contributed by atoms with Crippen LogP contribution in [0.2, 0.25) is 0 Å². The minimum atomic E-state index is -1.01. The molecule has 0 unspecified atom stereocenters. The molecule has 7 nitrogen and oxygen atoms in total. The number of nitrogens with zero attached hydrogens (tertiary/aromatic N) is 2. The van der Waals surface area contributed by atoms with Gasteiger partial charge in [-0.3, -0.25) is 19.3 Å². The third kappa shape index (κ3) is 2.89. The van der Waals surface area contributed by atoms with Crippen molar-refractivity contribution >= 4 is 23.5 Å². The number of carbonyl (C=O) groups is 3. The van der Waals surface area contributed by atoms with Crippen molar-refractivity contribution in [2.24, 2.45) is 23.7 Å². The van der Waals surface area contributed by atoms with Crippen LogP contribution in [0.3, 0.4) is 0 Å². The zero-order chi connectivity index (χ0) is 20.8. The molecule has 1 aliphatic heterocycles. The molecule has 7 heteroatoms. The van der Waals surface area contributed by atoms with Gasteiger partial charge in [0.1, 0.15) is 6.04 Å². The maximum absolute atomic E-state index is 13.3. The van der Waals surface area contributed by atoms with E-state index < -0.39 is 11.9 Å². The van der Waals surface area contributed by atoms with Gasteiger partial charge in [-0.1, -0.05) is 42.5 Å². The van der Waals surface area contributed by atoms with Crippen LogP contribution in [0, 0.1) is 23.7 Å². The fraction of sp³-hybridized carbons (Fsp3) is 0.304. The summed E-state index contributed by atoms with van der Waals surface area (Å²) >= 11 is 0. The molecule has 30 heavy (non-hydrogen) atoms. The number of allylic oxidation sites excluding steroid dienone is 2. The lowest BCUT2D eigenvalue weighted by Crippen LogP contribution is -2.49.